The Morgan fingerprint density at radius 2 is 1.75 bits per heavy atom. The Kier molecular flexibility index (Phi) is 5.25. The van der Waals surface area contributed by atoms with E-state index >= 15 is 0 Å². The van der Waals surface area contributed by atoms with Crippen molar-refractivity contribution in [3.63, 3.8) is 0 Å². The zero-order valence-electron chi connectivity index (χ0n) is 11.7. The number of anilines is 2. The molecule has 0 aliphatic heterocycles. The van der Waals surface area contributed by atoms with Crippen LogP contribution in [0.1, 0.15) is 5.56 Å². The number of nitro groups is 1. The van der Waals surface area contributed by atoms with Crippen LogP contribution in [-0.4, -0.2) is 10.0 Å². The van der Waals surface area contributed by atoms with Crippen LogP contribution in [0.5, 0.6) is 0 Å². The molecule has 0 saturated heterocycles. The molecule has 126 valence electrons. The highest BCUT2D eigenvalue weighted by atomic mass is 35.5. The van der Waals surface area contributed by atoms with E-state index in [4.69, 9.17) is 23.8 Å². The van der Waals surface area contributed by atoms with Gasteiger partial charge in [0.15, 0.2) is 5.11 Å². The molecule has 5 nitrogen and oxygen atoms in total. The Balaban J connectivity index is 2.12. The second-order valence-corrected chi connectivity index (χ2v) is 5.40. The Bertz CT molecular complexity index is 799. The molecule has 0 fully saturated rings. The first kappa shape index (κ1) is 18.0. The maximum Gasteiger partial charge on any atom is 0.416 e. The molecular formula is C14H9ClF3N3O2S. The Hall–Kier alpha value is -2.39. The van der Waals surface area contributed by atoms with Crippen molar-refractivity contribution in [2.45, 2.75) is 6.18 Å². The van der Waals surface area contributed by atoms with Crippen LogP contribution < -0.4 is 10.6 Å². The summed E-state index contributed by atoms with van der Waals surface area (Å²) in [7, 11) is 0. The zero-order chi connectivity index (χ0) is 17.9. The van der Waals surface area contributed by atoms with Crippen molar-refractivity contribution in [3.05, 3.63) is 63.2 Å². The highest BCUT2D eigenvalue weighted by Gasteiger charge is 2.30. The van der Waals surface area contributed by atoms with E-state index < -0.39 is 16.7 Å². The summed E-state index contributed by atoms with van der Waals surface area (Å²) in [6.07, 6.45) is -4.47. The van der Waals surface area contributed by atoms with E-state index in [1.807, 2.05) is 0 Å². The number of benzene rings is 2. The van der Waals surface area contributed by atoms with Gasteiger partial charge in [0.25, 0.3) is 5.69 Å². The highest BCUT2D eigenvalue weighted by molar-refractivity contribution is 7.80. The third-order valence-corrected chi connectivity index (χ3v) is 3.37. The van der Waals surface area contributed by atoms with Crippen molar-refractivity contribution in [3.8, 4) is 0 Å². The number of thiocarbonyl (C=S) groups is 1. The summed E-state index contributed by atoms with van der Waals surface area (Å²) in [5, 5.41) is 16.0. The summed E-state index contributed by atoms with van der Waals surface area (Å²) < 4.78 is 38.0. The maximum absolute atomic E-state index is 12.7. The van der Waals surface area contributed by atoms with Gasteiger partial charge in [0.05, 0.1) is 10.5 Å². The topological polar surface area (TPSA) is 67.2 Å². The van der Waals surface area contributed by atoms with Gasteiger partial charge in [-0.05, 0) is 42.5 Å². The van der Waals surface area contributed by atoms with Crippen LogP contribution in [0.3, 0.4) is 0 Å². The third-order valence-electron chi connectivity index (χ3n) is 2.85. The maximum atomic E-state index is 12.7. The van der Waals surface area contributed by atoms with Crippen LogP contribution in [-0.2, 0) is 6.18 Å². The fourth-order valence-electron chi connectivity index (χ4n) is 1.80. The summed E-state index contributed by atoms with van der Waals surface area (Å²) in [6, 6.07) is 8.42. The Labute approximate surface area is 144 Å². The van der Waals surface area contributed by atoms with Crippen molar-refractivity contribution < 1.29 is 18.1 Å². The number of rotatable bonds is 3. The van der Waals surface area contributed by atoms with E-state index in [-0.39, 0.29) is 27.2 Å². The highest BCUT2D eigenvalue weighted by Crippen LogP contribution is 2.31. The van der Waals surface area contributed by atoms with Crippen molar-refractivity contribution in [1.82, 2.24) is 0 Å². The lowest BCUT2D eigenvalue weighted by Gasteiger charge is -2.12. The normalized spacial score (nSPS) is 11.0. The fourth-order valence-corrected chi connectivity index (χ4v) is 2.22. The molecule has 2 rings (SSSR count). The summed E-state index contributed by atoms with van der Waals surface area (Å²) >= 11 is 10.7. The van der Waals surface area contributed by atoms with E-state index in [2.05, 4.69) is 10.6 Å². The largest absolute Gasteiger partial charge is 0.416 e. The van der Waals surface area contributed by atoms with Crippen LogP contribution in [0.15, 0.2) is 42.5 Å². The molecule has 0 radical (unpaired) electrons. The molecule has 2 aromatic carbocycles. The molecule has 24 heavy (non-hydrogen) atoms. The van der Waals surface area contributed by atoms with Crippen molar-refractivity contribution in [2.75, 3.05) is 10.6 Å². The van der Waals surface area contributed by atoms with Crippen molar-refractivity contribution in [1.29, 1.82) is 0 Å². The van der Waals surface area contributed by atoms with Gasteiger partial charge in [-0.3, -0.25) is 10.1 Å². The lowest BCUT2D eigenvalue weighted by Crippen LogP contribution is -2.19. The number of hydrogen-bond acceptors (Lipinski definition) is 3. The lowest BCUT2D eigenvalue weighted by atomic mass is 10.2. The molecule has 0 atom stereocenters. The molecule has 2 aromatic rings. The summed E-state index contributed by atoms with van der Waals surface area (Å²) in [5.74, 6) is 0. The molecule has 0 unspecified atom stereocenters. The van der Waals surface area contributed by atoms with Gasteiger partial charge in [0.2, 0.25) is 0 Å². The molecule has 0 bridgehead atoms. The predicted octanol–water partition coefficient (Wildman–Crippen LogP) is 5.08. The van der Waals surface area contributed by atoms with Gasteiger partial charge in [0.1, 0.15) is 5.02 Å². The Morgan fingerprint density at radius 3 is 2.33 bits per heavy atom. The average Bonchev–Trinajstić information content (AvgIpc) is 2.48. The molecule has 0 heterocycles. The van der Waals surface area contributed by atoms with Gasteiger partial charge < -0.3 is 10.6 Å². The van der Waals surface area contributed by atoms with E-state index in [1.54, 1.807) is 0 Å². The first-order valence-electron chi connectivity index (χ1n) is 6.36. The van der Waals surface area contributed by atoms with Crippen molar-refractivity contribution in [2.24, 2.45) is 0 Å². The number of halogens is 4. The number of nitrogens with zero attached hydrogens (tertiary/aromatic N) is 1. The fraction of sp³-hybridized carbons (Fsp3) is 0.0714. The molecule has 0 aromatic heterocycles. The van der Waals surface area contributed by atoms with Gasteiger partial charge in [0, 0.05) is 17.4 Å². The smallest absolute Gasteiger partial charge is 0.332 e. The summed E-state index contributed by atoms with van der Waals surface area (Å²) in [4.78, 5) is 10.2. The molecule has 0 spiro atoms. The number of nitro benzene ring substituents is 1. The van der Waals surface area contributed by atoms with Crippen LogP contribution in [0, 0.1) is 10.1 Å². The number of hydrogen-bond donors (Lipinski definition) is 2. The van der Waals surface area contributed by atoms with Crippen LogP contribution >= 0.6 is 23.8 Å². The second kappa shape index (κ2) is 7.02. The molecule has 0 saturated carbocycles. The minimum Gasteiger partial charge on any atom is -0.332 e. The lowest BCUT2D eigenvalue weighted by molar-refractivity contribution is -0.384. The van der Waals surface area contributed by atoms with Gasteiger partial charge in [-0.15, -0.1) is 0 Å². The standard InChI is InChI=1S/C14H9ClF3N3O2S/c15-11-5-4-10(7-12(11)21(22)23)20-13(24)19-9-3-1-2-8(6-9)14(16,17)18/h1-7H,(H2,19,20,24). The number of alkyl halides is 3. The average molecular weight is 376 g/mol. The van der Waals surface area contributed by atoms with Crippen LogP contribution in [0.4, 0.5) is 30.2 Å². The summed E-state index contributed by atoms with van der Waals surface area (Å²) in [6.45, 7) is 0. The predicted molar refractivity (Wildman–Crippen MR) is 89.4 cm³/mol. The zero-order valence-corrected chi connectivity index (χ0v) is 13.3. The molecule has 0 aliphatic carbocycles. The molecule has 10 heteroatoms. The Morgan fingerprint density at radius 1 is 1.12 bits per heavy atom. The SMILES string of the molecule is O=[N+]([O-])c1cc(NC(=S)Nc2cccc(C(F)(F)F)c2)ccc1Cl. The van der Waals surface area contributed by atoms with Crippen LogP contribution in [0.2, 0.25) is 5.02 Å². The van der Waals surface area contributed by atoms with E-state index in [9.17, 15) is 23.3 Å². The third kappa shape index (κ3) is 4.56. The molecule has 0 aliphatic rings. The van der Waals surface area contributed by atoms with Gasteiger partial charge in [-0.25, -0.2) is 0 Å². The van der Waals surface area contributed by atoms with Crippen LogP contribution in [0.25, 0.3) is 0 Å². The van der Waals surface area contributed by atoms with Gasteiger partial charge in [-0.2, -0.15) is 13.2 Å². The monoisotopic (exact) mass is 375 g/mol. The first-order chi connectivity index (χ1) is 11.2. The van der Waals surface area contributed by atoms with E-state index in [0.29, 0.717) is 0 Å². The van der Waals surface area contributed by atoms with Crippen molar-refractivity contribution >= 4 is 46.0 Å². The molecule has 2 N–H and O–H groups in total. The van der Waals surface area contributed by atoms with E-state index in [1.165, 1.54) is 30.3 Å². The minimum absolute atomic E-state index is 0.0223. The van der Waals surface area contributed by atoms with Gasteiger partial charge in [-0.1, -0.05) is 17.7 Å². The molecule has 0 amide bonds. The summed E-state index contributed by atoms with van der Waals surface area (Å²) in [5.41, 5.74) is -0.734. The van der Waals surface area contributed by atoms with Gasteiger partial charge >= 0.3 is 6.18 Å². The second-order valence-electron chi connectivity index (χ2n) is 4.58. The van der Waals surface area contributed by atoms with E-state index in [0.717, 1.165) is 12.1 Å². The number of nitrogens with one attached hydrogen (secondary N) is 2. The minimum atomic E-state index is -4.47. The quantitative estimate of drug-likeness (QED) is 0.445. The molecular weight excluding hydrogens is 367 g/mol. The first-order valence-corrected chi connectivity index (χ1v) is 7.14.